The van der Waals surface area contributed by atoms with E-state index in [1.807, 2.05) is 60.8 Å². The van der Waals surface area contributed by atoms with Gasteiger partial charge in [-0.2, -0.15) is 0 Å². The number of nitrogens with zero attached hydrogens (tertiary/aromatic N) is 3. The van der Waals surface area contributed by atoms with E-state index in [0.717, 1.165) is 22.3 Å². The van der Waals surface area contributed by atoms with Crippen molar-refractivity contribution in [2.45, 2.75) is 18.9 Å². The summed E-state index contributed by atoms with van der Waals surface area (Å²) in [4.78, 5) is 33.9. The standard InChI is InChI=1S/C26H27N3O3/c1-28-12-13-29(25(30)17-20-7-4-10-23(15-20)32-2)24(26(28)31)16-19-6-3-8-21(14-19)22-9-5-11-27-18-22/h3-11,14-15,18,24H,12-13,16-17H2,1-2H3/t24-/m0/s1. The van der Waals surface area contributed by atoms with Crippen molar-refractivity contribution in [3.63, 3.8) is 0 Å². The second kappa shape index (κ2) is 9.64. The lowest BCUT2D eigenvalue weighted by Crippen LogP contribution is -2.58. The molecule has 4 rings (SSSR count). The molecule has 0 radical (unpaired) electrons. The fourth-order valence-electron chi connectivity index (χ4n) is 4.10. The molecule has 0 N–H and O–H groups in total. The summed E-state index contributed by atoms with van der Waals surface area (Å²) in [6.45, 7) is 1.06. The highest BCUT2D eigenvalue weighted by atomic mass is 16.5. The molecule has 6 nitrogen and oxygen atoms in total. The maximum absolute atomic E-state index is 13.2. The number of ether oxygens (including phenoxy) is 1. The molecule has 2 amide bonds. The lowest BCUT2D eigenvalue weighted by molar-refractivity contribution is -0.149. The van der Waals surface area contributed by atoms with Crippen molar-refractivity contribution >= 4 is 11.8 Å². The van der Waals surface area contributed by atoms with Crippen LogP contribution in [0.2, 0.25) is 0 Å². The predicted octanol–water partition coefficient (Wildman–Crippen LogP) is 3.21. The lowest BCUT2D eigenvalue weighted by atomic mass is 9.97. The second-order valence-corrected chi connectivity index (χ2v) is 8.04. The largest absolute Gasteiger partial charge is 0.497 e. The normalized spacial score (nSPS) is 16.2. The number of hydrogen-bond acceptors (Lipinski definition) is 4. The molecule has 164 valence electrons. The third kappa shape index (κ3) is 4.80. The SMILES string of the molecule is COc1cccc(CC(=O)N2CCN(C)C(=O)[C@@H]2Cc2cccc(-c3cccnc3)c2)c1. The van der Waals surface area contributed by atoms with Crippen LogP contribution in [0.3, 0.4) is 0 Å². The van der Waals surface area contributed by atoms with Crippen molar-refractivity contribution in [2.75, 3.05) is 27.2 Å². The molecule has 1 aliphatic rings. The summed E-state index contributed by atoms with van der Waals surface area (Å²) >= 11 is 0. The molecule has 1 aliphatic heterocycles. The molecular weight excluding hydrogens is 402 g/mol. The minimum atomic E-state index is -0.518. The number of piperazine rings is 1. The third-order valence-electron chi connectivity index (χ3n) is 5.87. The molecule has 0 aliphatic carbocycles. The Morgan fingerprint density at radius 1 is 1.03 bits per heavy atom. The van der Waals surface area contributed by atoms with Gasteiger partial charge in [-0.15, -0.1) is 0 Å². The zero-order valence-electron chi connectivity index (χ0n) is 18.4. The number of aromatic nitrogens is 1. The Labute approximate surface area is 188 Å². The molecule has 1 aromatic heterocycles. The molecule has 1 atom stereocenters. The average molecular weight is 430 g/mol. The Hall–Kier alpha value is -3.67. The number of rotatable bonds is 6. The number of likely N-dealkylation sites (N-methyl/N-ethyl adjacent to an activating group) is 1. The fraction of sp³-hybridized carbons (Fsp3) is 0.269. The van der Waals surface area contributed by atoms with Crippen LogP contribution in [0.1, 0.15) is 11.1 Å². The highest BCUT2D eigenvalue weighted by molar-refractivity contribution is 5.90. The van der Waals surface area contributed by atoms with E-state index in [1.54, 1.807) is 30.2 Å². The molecule has 3 aromatic rings. The first kappa shape index (κ1) is 21.6. The number of pyridine rings is 1. The van der Waals surface area contributed by atoms with E-state index < -0.39 is 6.04 Å². The van der Waals surface area contributed by atoms with Crippen LogP contribution >= 0.6 is 0 Å². The summed E-state index contributed by atoms with van der Waals surface area (Å²) in [6, 6.07) is 19.0. The molecule has 0 saturated carbocycles. The first-order valence-corrected chi connectivity index (χ1v) is 10.7. The summed E-state index contributed by atoms with van der Waals surface area (Å²) in [5.74, 6) is 0.642. The van der Waals surface area contributed by atoms with Crippen molar-refractivity contribution in [3.05, 3.63) is 84.2 Å². The van der Waals surface area contributed by atoms with Gasteiger partial charge >= 0.3 is 0 Å². The van der Waals surface area contributed by atoms with Crippen LogP contribution in [0, 0.1) is 0 Å². The van der Waals surface area contributed by atoms with Gasteiger partial charge in [-0.25, -0.2) is 0 Å². The average Bonchev–Trinajstić information content (AvgIpc) is 2.83. The van der Waals surface area contributed by atoms with Crippen LogP contribution in [0.4, 0.5) is 0 Å². The minimum absolute atomic E-state index is 0.0259. The highest BCUT2D eigenvalue weighted by Gasteiger charge is 2.35. The van der Waals surface area contributed by atoms with E-state index >= 15 is 0 Å². The maximum Gasteiger partial charge on any atom is 0.245 e. The van der Waals surface area contributed by atoms with Gasteiger partial charge in [-0.1, -0.05) is 42.5 Å². The van der Waals surface area contributed by atoms with E-state index in [2.05, 4.69) is 11.1 Å². The summed E-state index contributed by atoms with van der Waals surface area (Å²) in [5, 5.41) is 0. The van der Waals surface area contributed by atoms with Gasteiger partial charge in [0.15, 0.2) is 0 Å². The number of hydrogen-bond donors (Lipinski definition) is 0. The Morgan fingerprint density at radius 3 is 2.59 bits per heavy atom. The maximum atomic E-state index is 13.2. The van der Waals surface area contributed by atoms with Gasteiger partial charge < -0.3 is 14.5 Å². The van der Waals surface area contributed by atoms with Gasteiger partial charge in [0, 0.05) is 39.0 Å². The first-order chi connectivity index (χ1) is 15.5. The number of benzene rings is 2. The smallest absolute Gasteiger partial charge is 0.245 e. The zero-order chi connectivity index (χ0) is 22.5. The van der Waals surface area contributed by atoms with Gasteiger partial charge in [0.05, 0.1) is 13.5 Å². The summed E-state index contributed by atoms with van der Waals surface area (Å²) in [7, 11) is 3.40. The molecule has 6 heteroatoms. The Kier molecular flexibility index (Phi) is 6.50. The number of methoxy groups -OCH3 is 1. The predicted molar refractivity (Wildman–Crippen MR) is 123 cm³/mol. The molecule has 2 heterocycles. The summed E-state index contributed by atoms with van der Waals surface area (Å²) < 4.78 is 5.27. The number of carbonyl (C=O) groups is 2. The summed E-state index contributed by atoms with van der Waals surface area (Å²) in [5.41, 5.74) is 3.95. The Morgan fingerprint density at radius 2 is 1.81 bits per heavy atom. The van der Waals surface area contributed by atoms with E-state index in [0.29, 0.717) is 25.3 Å². The van der Waals surface area contributed by atoms with Crippen LogP contribution < -0.4 is 4.74 Å². The second-order valence-electron chi connectivity index (χ2n) is 8.04. The Bertz CT molecular complexity index is 1100. The van der Waals surface area contributed by atoms with Gasteiger partial charge in [-0.3, -0.25) is 14.6 Å². The zero-order valence-corrected chi connectivity index (χ0v) is 18.4. The van der Waals surface area contributed by atoms with Crippen LogP contribution in [0.25, 0.3) is 11.1 Å². The highest BCUT2D eigenvalue weighted by Crippen LogP contribution is 2.23. The molecule has 32 heavy (non-hydrogen) atoms. The fourth-order valence-corrected chi connectivity index (χ4v) is 4.10. The van der Waals surface area contributed by atoms with Crippen molar-refractivity contribution < 1.29 is 14.3 Å². The molecule has 1 saturated heterocycles. The van der Waals surface area contributed by atoms with Crippen molar-refractivity contribution in [1.29, 1.82) is 0 Å². The molecule has 2 aromatic carbocycles. The van der Waals surface area contributed by atoms with Gasteiger partial charge in [-0.05, 0) is 40.5 Å². The van der Waals surface area contributed by atoms with E-state index in [-0.39, 0.29) is 18.2 Å². The van der Waals surface area contributed by atoms with E-state index in [4.69, 9.17) is 4.74 Å². The lowest BCUT2D eigenvalue weighted by Gasteiger charge is -2.39. The van der Waals surface area contributed by atoms with Gasteiger partial charge in [0.25, 0.3) is 0 Å². The van der Waals surface area contributed by atoms with Gasteiger partial charge in [0.2, 0.25) is 11.8 Å². The van der Waals surface area contributed by atoms with Crippen LogP contribution in [0.15, 0.2) is 73.1 Å². The molecule has 0 unspecified atom stereocenters. The first-order valence-electron chi connectivity index (χ1n) is 10.7. The van der Waals surface area contributed by atoms with Crippen molar-refractivity contribution in [2.24, 2.45) is 0 Å². The van der Waals surface area contributed by atoms with Crippen molar-refractivity contribution in [3.8, 4) is 16.9 Å². The van der Waals surface area contributed by atoms with E-state index in [9.17, 15) is 9.59 Å². The molecule has 1 fully saturated rings. The Balaban J connectivity index is 1.55. The van der Waals surface area contributed by atoms with Crippen molar-refractivity contribution in [1.82, 2.24) is 14.8 Å². The summed E-state index contributed by atoms with van der Waals surface area (Å²) in [6.07, 6.45) is 4.28. The quantitative estimate of drug-likeness (QED) is 0.604. The molecule has 0 spiro atoms. The van der Waals surface area contributed by atoms with Crippen LogP contribution in [0.5, 0.6) is 5.75 Å². The number of amides is 2. The molecule has 0 bridgehead atoms. The molecular formula is C26H27N3O3. The monoisotopic (exact) mass is 429 g/mol. The third-order valence-corrected chi connectivity index (χ3v) is 5.87. The number of carbonyl (C=O) groups excluding carboxylic acids is 2. The van der Waals surface area contributed by atoms with Crippen LogP contribution in [-0.4, -0.2) is 59.9 Å². The van der Waals surface area contributed by atoms with E-state index in [1.165, 1.54) is 0 Å². The van der Waals surface area contributed by atoms with Crippen LogP contribution in [-0.2, 0) is 22.4 Å². The topological polar surface area (TPSA) is 62.7 Å². The van der Waals surface area contributed by atoms with Gasteiger partial charge in [0.1, 0.15) is 11.8 Å². The minimum Gasteiger partial charge on any atom is -0.497 e.